The number of alkyl halides is 3. The molecule has 1 aromatic heterocycles. The molecule has 0 atom stereocenters. The van der Waals surface area contributed by atoms with Gasteiger partial charge in [0.2, 0.25) is 0 Å². The van der Waals surface area contributed by atoms with Gasteiger partial charge in [-0.1, -0.05) is 0 Å². The smallest absolute Gasteiger partial charge is 0.402 e. The Morgan fingerprint density at radius 3 is 2.43 bits per heavy atom. The largest absolute Gasteiger partial charge is 0.573 e. The van der Waals surface area contributed by atoms with Crippen molar-refractivity contribution in [2.45, 2.75) is 6.36 Å². The Bertz CT molecular complexity index is 335. The summed E-state index contributed by atoms with van der Waals surface area (Å²) < 4.78 is 38.3. The van der Waals surface area contributed by atoms with Crippen LogP contribution in [0.1, 0.15) is 0 Å². The first kappa shape index (κ1) is 10.2. The molecule has 1 aromatic rings. The van der Waals surface area contributed by atoms with Crippen LogP contribution in [-0.4, -0.2) is 16.3 Å². The maximum atomic E-state index is 11.6. The third-order valence-corrected chi connectivity index (χ3v) is 1.14. The van der Waals surface area contributed by atoms with E-state index in [4.69, 9.17) is 0 Å². The van der Waals surface area contributed by atoms with Gasteiger partial charge in [0.1, 0.15) is 0 Å². The van der Waals surface area contributed by atoms with Crippen molar-refractivity contribution in [2.24, 2.45) is 0 Å². The van der Waals surface area contributed by atoms with Crippen molar-refractivity contribution in [2.75, 3.05) is 0 Å². The van der Waals surface area contributed by atoms with E-state index in [0.717, 1.165) is 12.1 Å². The van der Waals surface area contributed by atoms with Crippen LogP contribution in [0.25, 0.3) is 0 Å². The predicted octanol–water partition coefficient (Wildman–Crippen LogP) is 1.89. The van der Waals surface area contributed by atoms with Gasteiger partial charge in [0, 0.05) is 6.07 Å². The summed E-state index contributed by atoms with van der Waals surface area (Å²) in [6.07, 6.45) is -4.19. The van der Waals surface area contributed by atoms with Gasteiger partial charge < -0.3 is 14.9 Å². The average molecular weight is 208 g/mol. The minimum absolute atomic E-state index is 0.542. The Balaban J connectivity index is 2.79. The zero-order valence-electron chi connectivity index (χ0n) is 6.49. The summed E-state index contributed by atoms with van der Waals surface area (Å²) in [7, 11) is 0. The molecule has 14 heavy (non-hydrogen) atoms. The van der Waals surface area contributed by atoms with Crippen LogP contribution in [0.5, 0.6) is 5.75 Å². The standard InChI is InChI=1S/C6H3F3N2O3/c7-6(8,9)14-4-1-2-5(10-3-4)11(12)13/h1-3H. The van der Waals surface area contributed by atoms with Crippen LogP contribution in [-0.2, 0) is 0 Å². The number of ether oxygens (including phenoxy) is 1. The van der Waals surface area contributed by atoms with E-state index in [0.29, 0.717) is 6.20 Å². The minimum Gasteiger partial charge on any atom is -0.402 e. The molecule has 76 valence electrons. The van der Waals surface area contributed by atoms with Gasteiger partial charge in [0.05, 0.1) is 0 Å². The first-order valence-electron chi connectivity index (χ1n) is 3.25. The summed E-state index contributed by atoms with van der Waals surface area (Å²) in [5, 5.41) is 10.1. The van der Waals surface area contributed by atoms with Crippen LogP contribution in [0, 0.1) is 10.1 Å². The normalized spacial score (nSPS) is 11.1. The van der Waals surface area contributed by atoms with Gasteiger partial charge in [-0.15, -0.1) is 13.2 Å². The lowest BCUT2D eigenvalue weighted by atomic mass is 10.4. The molecule has 0 aliphatic carbocycles. The fraction of sp³-hybridized carbons (Fsp3) is 0.167. The van der Waals surface area contributed by atoms with E-state index >= 15 is 0 Å². The molecule has 0 saturated carbocycles. The SMILES string of the molecule is O=[N+]([O-])c1ccc(OC(F)(F)F)cn1. The molecule has 0 N–H and O–H groups in total. The number of aromatic nitrogens is 1. The van der Waals surface area contributed by atoms with E-state index in [9.17, 15) is 23.3 Å². The van der Waals surface area contributed by atoms with Crippen molar-refractivity contribution in [3.05, 3.63) is 28.4 Å². The highest BCUT2D eigenvalue weighted by molar-refractivity contribution is 5.26. The van der Waals surface area contributed by atoms with Crippen LogP contribution in [0.3, 0.4) is 0 Å². The Kier molecular flexibility index (Phi) is 2.54. The molecule has 8 heteroatoms. The molecular formula is C6H3F3N2O3. The number of nitro groups is 1. The Hall–Kier alpha value is -1.86. The molecule has 0 aliphatic rings. The lowest BCUT2D eigenvalue weighted by molar-refractivity contribution is -0.389. The van der Waals surface area contributed by atoms with E-state index in [-0.39, 0.29) is 0 Å². The van der Waals surface area contributed by atoms with E-state index in [1.807, 2.05) is 0 Å². The molecule has 1 heterocycles. The van der Waals surface area contributed by atoms with Gasteiger partial charge in [0.15, 0.2) is 11.9 Å². The molecule has 0 amide bonds. The number of nitrogens with zero attached hydrogens (tertiary/aromatic N) is 2. The molecule has 0 fully saturated rings. The molecule has 5 nitrogen and oxygen atoms in total. The summed E-state index contributed by atoms with van der Waals surface area (Å²) in [6, 6.07) is 1.64. The van der Waals surface area contributed by atoms with Gasteiger partial charge in [-0.3, -0.25) is 0 Å². The zero-order valence-corrected chi connectivity index (χ0v) is 6.49. The van der Waals surface area contributed by atoms with Crippen molar-refractivity contribution in [3.8, 4) is 5.75 Å². The van der Waals surface area contributed by atoms with E-state index in [1.165, 1.54) is 0 Å². The van der Waals surface area contributed by atoms with Crippen LogP contribution in [0.15, 0.2) is 18.3 Å². The van der Waals surface area contributed by atoms with Gasteiger partial charge in [-0.05, 0) is 16.0 Å². The van der Waals surface area contributed by atoms with Crippen molar-refractivity contribution < 1.29 is 22.8 Å². The summed E-state index contributed by atoms with van der Waals surface area (Å²) in [6.45, 7) is 0. The molecule has 0 spiro atoms. The molecule has 0 aromatic carbocycles. The van der Waals surface area contributed by atoms with Gasteiger partial charge in [-0.2, -0.15) is 0 Å². The molecular weight excluding hydrogens is 205 g/mol. The fourth-order valence-corrected chi connectivity index (χ4v) is 0.674. The summed E-state index contributed by atoms with van der Waals surface area (Å²) in [5.74, 6) is -1.14. The Morgan fingerprint density at radius 1 is 1.43 bits per heavy atom. The molecule has 0 radical (unpaired) electrons. The topological polar surface area (TPSA) is 65.3 Å². The monoisotopic (exact) mass is 208 g/mol. The van der Waals surface area contributed by atoms with Crippen molar-refractivity contribution in [1.82, 2.24) is 4.98 Å². The minimum atomic E-state index is -4.82. The van der Waals surface area contributed by atoms with Crippen LogP contribution >= 0.6 is 0 Å². The predicted molar refractivity (Wildman–Crippen MR) is 37.6 cm³/mol. The fourth-order valence-electron chi connectivity index (χ4n) is 0.674. The molecule has 0 aliphatic heterocycles. The van der Waals surface area contributed by atoms with E-state index < -0.39 is 22.9 Å². The van der Waals surface area contributed by atoms with Gasteiger partial charge in [0.25, 0.3) is 0 Å². The van der Waals surface area contributed by atoms with Gasteiger partial charge in [-0.25, -0.2) is 0 Å². The third kappa shape index (κ3) is 2.88. The first-order valence-corrected chi connectivity index (χ1v) is 3.25. The van der Waals surface area contributed by atoms with Crippen molar-refractivity contribution in [3.63, 3.8) is 0 Å². The highest BCUT2D eigenvalue weighted by Crippen LogP contribution is 2.22. The summed E-state index contributed by atoms with van der Waals surface area (Å²) in [5.41, 5.74) is 0. The second kappa shape index (κ2) is 3.48. The zero-order chi connectivity index (χ0) is 10.8. The summed E-state index contributed by atoms with van der Waals surface area (Å²) >= 11 is 0. The second-order valence-corrected chi connectivity index (χ2v) is 2.16. The van der Waals surface area contributed by atoms with Crippen LogP contribution in [0.4, 0.5) is 19.0 Å². The number of halogens is 3. The first-order chi connectivity index (χ1) is 6.38. The number of rotatable bonds is 2. The maximum absolute atomic E-state index is 11.6. The molecule has 1 rings (SSSR count). The van der Waals surface area contributed by atoms with Crippen molar-refractivity contribution in [1.29, 1.82) is 0 Å². The van der Waals surface area contributed by atoms with Crippen molar-refractivity contribution >= 4 is 5.82 Å². The highest BCUT2D eigenvalue weighted by Gasteiger charge is 2.31. The average Bonchev–Trinajstić information content (AvgIpc) is 2.02. The quantitative estimate of drug-likeness (QED) is 0.549. The molecule has 0 bridgehead atoms. The van der Waals surface area contributed by atoms with Gasteiger partial charge >= 0.3 is 12.2 Å². The highest BCUT2D eigenvalue weighted by atomic mass is 19.4. The Labute approximate surface area is 75.3 Å². The summed E-state index contributed by atoms with van der Waals surface area (Å²) in [4.78, 5) is 12.4. The molecule has 0 saturated heterocycles. The van der Waals surface area contributed by atoms with E-state index in [1.54, 1.807) is 0 Å². The number of pyridine rings is 1. The second-order valence-electron chi connectivity index (χ2n) is 2.16. The van der Waals surface area contributed by atoms with Crippen LogP contribution < -0.4 is 4.74 Å². The lowest BCUT2D eigenvalue weighted by Crippen LogP contribution is -2.17. The van der Waals surface area contributed by atoms with E-state index in [2.05, 4.69) is 9.72 Å². The maximum Gasteiger partial charge on any atom is 0.573 e. The third-order valence-electron chi connectivity index (χ3n) is 1.14. The van der Waals surface area contributed by atoms with Crippen LogP contribution in [0.2, 0.25) is 0 Å². The molecule has 0 unspecified atom stereocenters. The number of hydrogen-bond donors (Lipinski definition) is 0. The number of hydrogen-bond acceptors (Lipinski definition) is 4. The Morgan fingerprint density at radius 2 is 2.07 bits per heavy atom. The lowest BCUT2D eigenvalue weighted by Gasteiger charge is -2.06.